The molecule has 5 atom stereocenters. The van der Waals surface area contributed by atoms with Gasteiger partial charge in [0.1, 0.15) is 22.8 Å². The largest absolute Gasteiger partial charge is 0.508 e. The summed E-state index contributed by atoms with van der Waals surface area (Å²) in [5.41, 5.74) is 8.53. The van der Waals surface area contributed by atoms with Gasteiger partial charge in [-0.25, -0.2) is 0 Å². The van der Waals surface area contributed by atoms with E-state index in [9.17, 15) is 39.6 Å². The van der Waals surface area contributed by atoms with Crippen molar-refractivity contribution in [3.05, 3.63) is 57.9 Å². The molecule has 3 aliphatic carbocycles. The molecule has 2 aromatic carbocycles. The number of phenolic OH excluding ortho intramolecular Hbond substituents is 1. The van der Waals surface area contributed by atoms with Gasteiger partial charge in [-0.3, -0.25) is 29.0 Å². The van der Waals surface area contributed by atoms with Gasteiger partial charge in [-0.15, -0.1) is 0 Å². The van der Waals surface area contributed by atoms with Crippen molar-refractivity contribution in [2.24, 2.45) is 23.3 Å². The minimum Gasteiger partial charge on any atom is -0.508 e. The van der Waals surface area contributed by atoms with Crippen LogP contribution in [0.2, 0.25) is 0 Å². The van der Waals surface area contributed by atoms with Crippen LogP contribution in [0.15, 0.2) is 41.2 Å². The minimum absolute atomic E-state index is 0.0281. The van der Waals surface area contributed by atoms with E-state index in [1.165, 1.54) is 4.90 Å². The topological polar surface area (TPSA) is 208 Å². The van der Waals surface area contributed by atoms with Gasteiger partial charge in [-0.1, -0.05) is 18.2 Å². The highest BCUT2D eigenvalue weighted by atomic mass is 16.3. The highest BCUT2D eigenvalue weighted by Crippen LogP contribution is 2.53. The van der Waals surface area contributed by atoms with Crippen LogP contribution in [-0.4, -0.2) is 91.9 Å². The number of rotatable bonds is 5. The summed E-state index contributed by atoms with van der Waals surface area (Å²) in [4.78, 5) is 54.4. The number of phenols is 1. The first-order chi connectivity index (χ1) is 19.8. The van der Waals surface area contributed by atoms with Crippen LogP contribution in [0.5, 0.6) is 5.75 Å². The van der Waals surface area contributed by atoms with Crippen molar-refractivity contribution in [2.75, 3.05) is 20.6 Å². The molecule has 1 saturated carbocycles. The number of Topliss-reactive ketones (excluding diaryl/α,β-unsaturated/α-hetero) is 2. The number of ketones is 2. The van der Waals surface area contributed by atoms with E-state index in [1.807, 2.05) is 23.1 Å². The first-order valence-corrected chi connectivity index (χ1v) is 13.7. The molecule has 2 aromatic rings. The Morgan fingerprint density at radius 1 is 1.12 bits per heavy atom. The Balaban J connectivity index is 1.46. The molecule has 1 unspecified atom stereocenters. The van der Waals surface area contributed by atoms with Crippen molar-refractivity contribution in [1.29, 1.82) is 0 Å². The van der Waals surface area contributed by atoms with Gasteiger partial charge in [0.2, 0.25) is 11.7 Å². The normalized spacial score (nSPS) is 29.3. The quantitative estimate of drug-likeness (QED) is 0.266. The lowest BCUT2D eigenvalue weighted by Gasteiger charge is -2.50. The number of carbonyl (C=O) groups excluding carboxylic acids is 4. The van der Waals surface area contributed by atoms with E-state index in [0.717, 1.165) is 5.56 Å². The number of carbonyl (C=O) groups is 4. The molecule has 12 nitrogen and oxygen atoms in total. The van der Waals surface area contributed by atoms with Crippen molar-refractivity contribution in [1.82, 2.24) is 9.80 Å². The third kappa shape index (κ3) is 3.72. The number of primary amides is 2. The van der Waals surface area contributed by atoms with Crippen molar-refractivity contribution < 1.29 is 39.6 Å². The first-order valence-electron chi connectivity index (χ1n) is 13.7. The number of fused-ring (bicyclic) bond motifs is 4. The molecule has 4 aliphatic rings. The average molecular weight is 577 g/mol. The Kier molecular flexibility index (Phi) is 6.23. The molecule has 2 fully saturated rings. The van der Waals surface area contributed by atoms with Crippen molar-refractivity contribution >= 4 is 39.9 Å². The molecule has 8 N–H and O–H groups in total. The summed E-state index contributed by atoms with van der Waals surface area (Å²) in [6.45, 7) is 1.14. The molecular formula is C30H32N4O8. The lowest BCUT2D eigenvalue weighted by molar-refractivity contribution is -0.153. The van der Waals surface area contributed by atoms with Crippen LogP contribution in [0.25, 0.3) is 16.5 Å². The Morgan fingerprint density at radius 3 is 2.43 bits per heavy atom. The van der Waals surface area contributed by atoms with Gasteiger partial charge < -0.3 is 31.9 Å². The molecule has 12 heteroatoms. The zero-order valence-electron chi connectivity index (χ0n) is 23.1. The molecule has 0 spiro atoms. The van der Waals surface area contributed by atoms with E-state index in [2.05, 4.69) is 0 Å². The summed E-state index contributed by atoms with van der Waals surface area (Å²) in [7, 11) is 3.11. The van der Waals surface area contributed by atoms with Gasteiger partial charge >= 0.3 is 0 Å². The maximum atomic E-state index is 14.0. The number of nitrogens with two attached hydrogens (primary N) is 2. The Morgan fingerprint density at radius 2 is 1.83 bits per heavy atom. The van der Waals surface area contributed by atoms with E-state index >= 15 is 0 Å². The van der Waals surface area contributed by atoms with Gasteiger partial charge in [0.25, 0.3) is 5.91 Å². The van der Waals surface area contributed by atoms with Gasteiger partial charge in [0, 0.05) is 30.0 Å². The number of hydrogen-bond donors (Lipinski definition) is 6. The zero-order chi connectivity index (χ0) is 30.4. The Labute approximate surface area is 240 Å². The molecule has 2 amide bonds. The molecule has 0 aromatic heterocycles. The molecule has 1 aliphatic heterocycles. The maximum absolute atomic E-state index is 14.0. The fourth-order valence-electron chi connectivity index (χ4n) is 7.34. The minimum atomic E-state index is -2.68. The van der Waals surface area contributed by atoms with Crippen LogP contribution < -0.4 is 11.5 Å². The second-order valence-electron chi connectivity index (χ2n) is 12.0. The number of aliphatic hydroxyl groups excluding tert-OH is 2. The third-order valence-corrected chi connectivity index (χ3v) is 9.43. The summed E-state index contributed by atoms with van der Waals surface area (Å²) in [6.07, 6.45) is 0.925. The number of likely N-dealkylation sites (tertiary alicyclic amines) is 1. The van der Waals surface area contributed by atoms with Gasteiger partial charge in [-0.05, 0) is 61.9 Å². The van der Waals surface area contributed by atoms with E-state index in [1.54, 1.807) is 20.2 Å². The number of aromatic hydroxyl groups is 1. The van der Waals surface area contributed by atoms with Gasteiger partial charge in [-0.2, -0.15) is 0 Å². The smallest absolute Gasteiger partial charge is 0.255 e. The van der Waals surface area contributed by atoms with Crippen LogP contribution in [0.1, 0.15) is 29.5 Å². The fraction of sp³-hybridized carbons (Fsp3) is 0.400. The highest BCUT2D eigenvalue weighted by molar-refractivity contribution is 6.24. The summed E-state index contributed by atoms with van der Waals surface area (Å²) in [5, 5.41) is 46.7. The van der Waals surface area contributed by atoms with Crippen LogP contribution in [0, 0.1) is 11.8 Å². The Hall–Kier alpha value is -4.26. The van der Waals surface area contributed by atoms with Crippen LogP contribution in [-0.2, 0) is 32.1 Å². The monoisotopic (exact) mass is 576 g/mol. The Bertz CT molecular complexity index is 1680. The SMILES string of the molecule is CN(C)[C@@H]1C(=O)C(C(N)=O)=C(O)[C@@]2(O)C(=O)C3=C(O)c4c(cc5ccc(CN6CCC6C(N)=O)cc5c4O)C[C@H]3C[C@@H]12. The van der Waals surface area contributed by atoms with Gasteiger partial charge in [0.15, 0.2) is 11.4 Å². The highest BCUT2D eigenvalue weighted by Gasteiger charge is 2.64. The predicted molar refractivity (Wildman–Crippen MR) is 150 cm³/mol. The van der Waals surface area contributed by atoms with E-state index in [-0.39, 0.29) is 35.8 Å². The van der Waals surface area contributed by atoms with Crippen LogP contribution >= 0.6 is 0 Å². The summed E-state index contributed by atoms with van der Waals surface area (Å²) >= 11 is 0. The van der Waals surface area contributed by atoms with Crippen molar-refractivity contribution in [2.45, 2.75) is 43.5 Å². The first kappa shape index (κ1) is 27.9. The lowest BCUT2D eigenvalue weighted by atomic mass is 9.57. The van der Waals surface area contributed by atoms with Crippen molar-refractivity contribution in [3.63, 3.8) is 0 Å². The second-order valence-corrected chi connectivity index (χ2v) is 12.0. The molecule has 6 rings (SSSR count). The molecule has 0 bridgehead atoms. The van der Waals surface area contributed by atoms with E-state index in [4.69, 9.17) is 11.5 Å². The summed E-state index contributed by atoms with van der Waals surface area (Å²) < 4.78 is 0. The molecule has 220 valence electrons. The van der Waals surface area contributed by atoms with Crippen LogP contribution in [0.3, 0.4) is 0 Å². The lowest BCUT2D eigenvalue weighted by Crippen LogP contribution is -2.65. The standard InChI is InChI=1S/C30H32N4O8/c1-33(2)22-17-10-15-9-14-8-13-4-3-12(11-34-6-5-18(34)28(31)40)7-16(13)23(35)19(14)24(36)20(15)26(38)30(17,42)27(39)21(25(22)37)29(32)41/h3-4,7-8,15,17-18,22,35-36,39,42H,5-6,9-11H2,1-2H3,(H2,31,40)(H2,32,41)/t15-,17-,18?,22-,30-/m0/s1. The van der Waals surface area contributed by atoms with E-state index in [0.29, 0.717) is 35.8 Å². The van der Waals surface area contributed by atoms with Gasteiger partial charge in [0.05, 0.1) is 17.6 Å². The number of hydrogen-bond acceptors (Lipinski definition) is 10. The number of likely N-dealkylation sites (N-methyl/N-ethyl adjacent to an activating group) is 1. The van der Waals surface area contributed by atoms with Crippen LogP contribution in [0.4, 0.5) is 0 Å². The van der Waals surface area contributed by atoms with Crippen molar-refractivity contribution in [3.8, 4) is 5.75 Å². The van der Waals surface area contributed by atoms with E-state index < -0.39 is 64.0 Å². The number of benzene rings is 2. The second kappa shape index (κ2) is 9.38. The average Bonchev–Trinajstić information content (AvgIpc) is 2.88. The molecule has 42 heavy (non-hydrogen) atoms. The number of nitrogens with zero attached hydrogens (tertiary/aromatic N) is 2. The zero-order valence-corrected chi connectivity index (χ0v) is 23.1. The molecule has 0 radical (unpaired) electrons. The predicted octanol–water partition coefficient (Wildman–Crippen LogP) is 0.177. The molecule has 1 heterocycles. The summed E-state index contributed by atoms with van der Waals surface area (Å²) in [6, 6.07) is 5.81. The third-order valence-electron chi connectivity index (χ3n) is 9.43. The molecule has 1 saturated heterocycles. The molecular weight excluding hydrogens is 544 g/mol. The maximum Gasteiger partial charge on any atom is 0.255 e. The fourth-order valence-corrected chi connectivity index (χ4v) is 7.34. The number of aliphatic hydroxyl groups is 3. The summed E-state index contributed by atoms with van der Waals surface area (Å²) in [5.74, 6) is -7.19. The number of amides is 2.